The molecule has 1 atom stereocenters. The van der Waals surface area contributed by atoms with Gasteiger partial charge in [0.05, 0.1) is 17.8 Å². The molecule has 1 aromatic carbocycles. The van der Waals surface area contributed by atoms with Crippen LogP contribution >= 0.6 is 0 Å². The highest BCUT2D eigenvalue weighted by Crippen LogP contribution is 2.22. The number of nitrogens with zero attached hydrogens (tertiary/aromatic N) is 4. The molecule has 3 rings (SSSR count). The van der Waals surface area contributed by atoms with Gasteiger partial charge in [0.2, 0.25) is 0 Å². The molecule has 1 fully saturated rings. The Balaban J connectivity index is 1.75. The smallest absolute Gasteiger partial charge is 0.256 e. The zero-order chi connectivity index (χ0) is 13.2. The number of carbonyl (C=O) groups excluding carboxylic acids is 1. The van der Waals surface area contributed by atoms with Crippen LogP contribution in [0.5, 0.6) is 0 Å². The third kappa shape index (κ3) is 2.21. The molecule has 98 valence electrons. The summed E-state index contributed by atoms with van der Waals surface area (Å²) in [4.78, 5) is 13.9. The van der Waals surface area contributed by atoms with Crippen LogP contribution in [0.15, 0.2) is 36.7 Å². The van der Waals surface area contributed by atoms with Gasteiger partial charge >= 0.3 is 0 Å². The Hall–Kier alpha value is -2.24. The molecule has 1 amide bonds. The van der Waals surface area contributed by atoms with E-state index in [1.165, 1.54) is 12.1 Å². The lowest BCUT2D eigenvalue weighted by Gasteiger charge is -2.16. The first-order valence-electron chi connectivity index (χ1n) is 6.15. The van der Waals surface area contributed by atoms with Crippen LogP contribution in [0.3, 0.4) is 0 Å². The average Bonchev–Trinajstić information content (AvgIpc) is 3.09. The largest absolute Gasteiger partial charge is 0.336 e. The van der Waals surface area contributed by atoms with Crippen molar-refractivity contribution in [3.05, 3.63) is 48.0 Å². The highest BCUT2D eigenvalue weighted by atomic mass is 19.1. The Kier molecular flexibility index (Phi) is 2.98. The first kappa shape index (κ1) is 11.8. The number of hydrogen-bond acceptors (Lipinski definition) is 3. The Bertz CT molecular complexity index is 584. The lowest BCUT2D eigenvalue weighted by atomic mass is 10.2. The Morgan fingerprint density at radius 3 is 2.95 bits per heavy atom. The van der Waals surface area contributed by atoms with Gasteiger partial charge in [0.25, 0.3) is 5.91 Å². The van der Waals surface area contributed by atoms with Gasteiger partial charge in [-0.3, -0.25) is 4.79 Å². The molecule has 0 unspecified atom stereocenters. The molecule has 0 radical (unpaired) electrons. The summed E-state index contributed by atoms with van der Waals surface area (Å²) >= 11 is 0. The maximum absolute atomic E-state index is 13.6. The van der Waals surface area contributed by atoms with Gasteiger partial charge in [0, 0.05) is 19.3 Å². The number of likely N-dealkylation sites (tertiary alicyclic amines) is 1. The van der Waals surface area contributed by atoms with Crippen LogP contribution in [-0.4, -0.2) is 38.9 Å². The summed E-state index contributed by atoms with van der Waals surface area (Å²) in [6.07, 6.45) is 4.20. The number of carbonyl (C=O) groups is 1. The number of benzene rings is 1. The molecule has 1 aliphatic rings. The van der Waals surface area contributed by atoms with Gasteiger partial charge in [-0.15, -0.1) is 5.10 Å². The molecule has 2 aromatic rings. The molecular formula is C13H13FN4O. The van der Waals surface area contributed by atoms with Crippen molar-refractivity contribution in [2.75, 3.05) is 13.1 Å². The van der Waals surface area contributed by atoms with Crippen LogP contribution in [-0.2, 0) is 0 Å². The number of amides is 1. The highest BCUT2D eigenvalue weighted by molar-refractivity contribution is 5.94. The lowest BCUT2D eigenvalue weighted by Crippen LogP contribution is -2.29. The summed E-state index contributed by atoms with van der Waals surface area (Å²) in [6.45, 7) is 1.15. The maximum atomic E-state index is 13.6. The summed E-state index contributed by atoms with van der Waals surface area (Å²) in [6, 6.07) is 6.19. The topological polar surface area (TPSA) is 51.0 Å². The zero-order valence-electron chi connectivity index (χ0n) is 10.2. The van der Waals surface area contributed by atoms with Crippen molar-refractivity contribution < 1.29 is 9.18 Å². The molecule has 6 heteroatoms. The van der Waals surface area contributed by atoms with Gasteiger partial charge in [-0.25, -0.2) is 9.07 Å². The minimum Gasteiger partial charge on any atom is -0.336 e. The zero-order valence-corrected chi connectivity index (χ0v) is 10.2. The van der Waals surface area contributed by atoms with Gasteiger partial charge in [0.1, 0.15) is 5.82 Å². The fourth-order valence-corrected chi connectivity index (χ4v) is 2.36. The van der Waals surface area contributed by atoms with Crippen LogP contribution in [0.25, 0.3) is 0 Å². The van der Waals surface area contributed by atoms with Crippen LogP contribution < -0.4 is 0 Å². The third-order valence-electron chi connectivity index (χ3n) is 3.37. The van der Waals surface area contributed by atoms with E-state index in [0.29, 0.717) is 13.1 Å². The van der Waals surface area contributed by atoms with Gasteiger partial charge in [-0.05, 0) is 18.6 Å². The van der Waals surface area contributed by atoms with Gasteiger partial charge < -0.3 is 4.90 Å². The number of hydrogen-bond donors (Lipinski definition) is 0. The molecule has 1 aromatic heterocycles. The SMILES string of the molecule is O=C(c1ccccc1F)N1CC[C@@H](n2ccnn2)C1. The van der Waals surface area contributed by atoms with E-state index < -0.39 is 5.82 Å². The minimum absolute atomic E-state index is 0.123. The van der Waals surface area contributed by atoms with Crippen molar-refractivity contribution in [2.24, 2.45) is 0 Å². The van der Waals surface area contributed by atoms with Crippen molar-refractivity contribution in [3.63, 3.8) is 0 Å². The average molecular weight is 260 g/mol. The van der Waals surface area contributed by atoms with E-state index >= 15 is 0 Å². The monoisotopic (exact) mass is 260 g/mol. The van der Waals surface area contributed by atoms with Crippen molar-refractivity contribution in [1.82, 2.24) is 19.9 Å². The first-order valence-corrected chi connectivity index (χ1v) is 6.15. The van der Waals surface area contributed by atoms with E-state index in [4.69, 9.17) is 0 Å². The molecule has 1 aliphatic heterocycles. The molecule has 0 bridgehead atoms. The lowest BCUT2D eigenvalue weighted by molar-refractivity contribution is 0.0782. The fourth-order valence-electron chi connectivity index (χ4n) is 2.36. The van der Waals surface area contributed by atoms with Crippen LogP contribution in [0, 0.1) is 5.82 Å². The van der Waals surface area contributed by atoms with Crippen molar-refractivity contribution in [3.8, 4) is 0 Å². The molecule has 0 spiro atoms. The van der Waals surface area contributed by atoms with Crippen molar-refractivity contribution in [2.45, 2.75) is 12.5 Å². The normalized spacial score (nSPS) is 18.8. The Morgan fingerprint density at radius 2 is 2.21 bits per heavy atom. The fraction of sp³-hybridized carbons (Fsp3) is 0.308. The quantitative estimate of drug-likeness (QED) is 0.822. The third-order valence-corrected chi connectivity index (χ3v) is 3.37. The molecule has 0 aliphatic carbocycles. The van der Waals surface area contributed by atoms with Crippen molar-refractivity contribution in [1.29, 1.82) is 0 Å². The molecule has 0 saturated carbocycles. The van der Waals surface area contributed by atoms with E-state index in [-0.39, 0.29) is 17.5 Å². The number of halogens is 1. The van der Waals surface area contributed by atoms with Gasteiger partial charge in [-0.2, -0.15) is 0 Å². The van der Waals surface area contributed by atoms with Crippen LogP contribution in [0.2, 0.25) is 0 Å². The molecule has 2 heterocycles. The second kappa shape index (κ2) is 4.79. The minimum atomic E-state index is -0.475. The van der Waals surface area contributed by atoms with E-state index in [1.807, 2.05) is 0 Å². The summed E-state index contributed by atoms with van der Waals surface area (Å²) in [5.74, 6) is -0.738. The van der Waals surface area contributed by atoms with E-state index in [2.05, 4.69) is 10.3 Å². The molecule has 5 nitrogen and oxygen atoms in total. The summed E-state index contributed by atoms with van der Waals surface area (Å²) < 4.78 is 15.3. The second-order valence-corrected chi connectivity index (χ2v) is 4.56. The molecule has 0 N–H and O–H groups in total. The summed E-state index contributed by atoms with van der Waals surface area (Å²) in [7, 11) is 0. The number of aromatic nitrogens is 3. The van der Waals surface area contributed by atoms with E-state index in [1.54, 1.807) is 34.1 Å². The molecular weight excluding hydrogens is 247 g/mol. The highest BCUT2D eigenvalue weighted by Gasteiger charge is 2.29. The summed E-state index contributed by atoms with van der Waals surface area (Å²) in [5, 5.41) is 7.70. The maximum Gasteiger partial charge on any atom is 0.256 e. The van der Waals surface area contributed by atoms with E-state index in [9.17, 15) is 9.18 Å². The van der Waals surface area contributed by atoms with Crippen LogP contribution in [0.4, 0.5) is 4.39 Å². The van der Waals surface area contributed by atoms with Crippen LogP contribution in [0.1, 0.15) is 22.8 Å². The molecule has 1 saturated heterocycles. The molecule has 19 heavy (non-hydrogen) atoms. The Morgan fingerprint density at radius 1 is 1.37 bits per heavy atom. The Labute approximate surface area is 109 Å². The summed E-state index contributed by atoms with van der Waals surface area (Å²) in [5.41, 5.74) is 0.127. The van der Waals surface area contributed by atoms with Crippen molar-refractivity contribution >= 4 is 5.91 Å². The van der Waals surface area contributed by atoms with E-state index in [0.717, 1.165) is 6.42 Å². The number of rotatable bonds is 2. The first-order chi connectivity index (χ1) is 9.25. The second-order valence-electron chi connectivity index (χ2n) is 4.56. The standard InChI is InChI=1S/C13H13FN4O/c14-12-4-2-1-3-11(12)13(19)17-7-5-10(9-17)18-8-6-15-16-18/h1-4,6,8,10H,5,7,9H2/t10-/m1/s1. The predicted octanol–water partition coefficient (Wildman–Crippen LogP) is 1.50. The van der Waals surface area contributed by atoms with Gasteiger partial charge in [-0.1, -0.05) is 17.3 Å². The predicted molar refractivity (Wildman–Crippen MR) is 66.0 cm³/mol. The van der Waals surface area contributed by atoms with Gasteiger partial charge in [0.15, 0.2) is 0 Å².